The summed E-state index contributed by atoms with van der Waals surface area (Å²) in [6, 6.07) is 65.8. The monoisotopic (exact) mass is 942 g/mol. The van der Waals surface area contributed by atoms with Gasteiger partial charge in [-0.15, -0.1) is 49.2 Å². The minimum atomic E-state index is -0.699. The van der Waals surface area contributed by atoms with Crippen molar-refractivity contribution >= 4 is 11.4 Å². The predicted molar refractivity (Wildman–Crippen MR) is 265 cm³/mol. The summed E-state index contributed by atoms with van der Waals surface area (Å²) in [4.78, 5) is 4.08. The van der Waals surface area contributed by atoms with E-state index in [0.29, 0.717) is 11.4 Å². The molecule has 0 saturated carbocycles. The SMILES string of the molecule is Fc1[c-]c(F)c(N2C(c3ccccc3)c3ccccc3C2c2ccccc2)cc1.Fc1[c-]c(F)c(N2C(c3ccccc3)c3ccccc3C2c2ccccc2)cc1.[C-]1=CC=CC1.[C-]1=CC=CC1.[Ti+4]. The van der Waals surface area contributed by atoms with E-state index in [1.54, 1.807) is 0 Å². The van der Waals surface area contributed by atoms with Gasteiger partial charge >= 0.3 is 21.7 Å². The van der Waals surface area contributed by atoms with Crippen LogP contribution in [0.2, 0.25) is 0 Å². The van der Waals surface area contributed by atoms with Crippen molar-refractivity contribution in [2.24, 2.45) is 0 Å². The summed E-state index contributed by atoms with van der Waals surface area (Å²) in [6.07, 6.45) is 20.0. The van der Waals surface area contributed by atoms with Gasteiger partial charge < -0.3 is 9.80 Å². The third kappa shape index (κ3) is 10.9. The standard InChI is InChI=1S/2C26H18F2N.2C5H5.Ti/c2*27-20-15-16-24(23(28)17-20)29-25(18-9-3-1-4-10-18)21-13-7-8-14-22(21)26(29)19-11-5-2-6-12-19;2*1-2-4-5-3-1;/h2*1-16,25-26H;2*1-3H,4H2;/q4*-1;+4. The summed E-state index contributed by atoms with van der Waals surface area (Å²) in [5, 5.41) is 0. The molecule has 0 bridgehead atoms. The Labute approximate surface area is 417 Å². The Balaban J connectivity index is 0.000000153. The molecule has 8 aromatic rings. The zero-order valence-electron chi connectivity index (χ0n) is 37.6. The van der Waals surface area contributed by atoms with Crippen LogP contribution in [0.5, 0.6) is 0 Å². The molecule has 336 valence electrons. The van der Waals surface area contributed by atoms with Gasteiger partial charge in [-0.3, -0.25) is 12.2 Å². The fraction of sp³-hybridized carbons (Fsp3) is 0.0968. The maximum absolute atomic E-state index is 15.0. The minimum absolute atomic E-state index is 0. The molecule has 2 nitrogen and oxygen atoms in total. The normalized spacial score (nSPS) is 17.6. The van der Waals surface area contributed by atoms with Crippen LogP contribution in [0.1, 0.15) is 81.5 Å². The fourth-order valence-corrected chi connectivity index (χ4v) is 9.32. The van der Waals surface area contributed by atoms with Gasteiger partial charge in [0.1, 0.15) is 0 Å². The molecule has 2 aliphatic carbocycles. The number of hydrogen-bond acceptors (Lipinski definition) is 2. The molecule has 0 saturated heterocycles. The molecule has 0 radical (unpaired) electrons. The van der Waals surface area contributed by atoms with Crippen molar-refractivity contribution in [3.05, 3.63) is 323 Å². The van der Waals surface area contributed by atoms with Crippen molar-refractivity contribution in [1.29, 1.82) is 0 Å². The summed E-state index contributed by atoms with van der Waals surface area (Å²) in [6.45, 7) is 0. The number of halogens is 4. The molecular weight excluding hydrogens is 897 g/mol. The second-order valence-corrected chi connectivity index (χ2v) is 16.3. The number of benzene rings is 8. The number of fused-ring (bicyclic) bond motifs is 2. The van der Waals surface area contributed by atoms with Crippen LogP contribution in [0.4, 0.5) is 28.9 Å². The van der Waals surface area contributed by atoms with Crippen molar-refractivity contribution in [2.75, 3.05) is 9.80 Å². The van der Waals surface area contributed by atoms with E-state index in [0.717, 1.165) is 57.3 Å². The van der Waals surface area contributed by atoms with Crippen molar-refractivity contribution < 1.29 is 39.3 Å². The second-order valence-electron chi connectivity index (χ2n) is 16.3. The summed E-state index contributed by atoms with van der Waals surface area (Å²) in [5.41, 5.74) is 9.39. The molecule has 4 atom stereocenters. The Morgan fingerprint density at radius 1 is 0.348 bits per heavy atom. The van der Waals surface area contributed by atoms with E-state index in [1.165, 1.54) is 24.3 Å². The summed E-state index contributed by atoms with van der Waals surface area (Å²) in [5.74, 6) is -2.76. The Kier molecular flexibility index (Phi) is 16.2. The van der Waals surface area contributed by atoms with Gasteiger partial charge in [0.2, 0.25) is 0 Å². The molecule has 7 heteroatoms. The minimum Gasteiger partial charge on any atom is -0.401 e. The van der Waals surface area contributed by atoms with E-state index in [9.17, 15) is 17.6 Å². The van der Waals surface area contributed by atoms with Crippen LogP contribution in [0, 0.1) is 47.6 Å². The van der Waals surface area contributed by atoms with Crippen molar-refractivity contribution in [3.63, 3.8) is 0 Å². The Morgan fingerprint density at radius 3 is 0.841 bits per heavy atom. The van der Waals surface area contributed by atoms with E-state index in [2.05, 4.69) is 60.7 Å². The Hall–Kier alpha value is -7.25. The molecule has 0 fully saturated rings. The van der Waals surface area contributed by atoms with E-state index in [1.807, 2.05) is 180 Å². The van der Waals surface area contributed by atoms with Crippen molar-refractivity contribution in [3.8, 4) is 0 Å². The third-order valence-corrected chi connectivity index (χ3v) is 12.2. The van der Waals surface area contributed by atoms with Gasteiger partial charge in [-0.2, -0.15) is 12.2 Å². The Bertz CT molecular complexity index is 2690. The van der Waals surface area contributed by atoms with Crippen LogP contribution in [-0.2, 0) is 21.7 Å². The Morgan fingerprint density at radius 2 is 0.623 bits per heavy atom. The molecule has 69 heavy (non-hydrogen) atoms. The molecule has 12 rings (SSSR count). The zero-order valence-corrected chi connectivity index (χ0v) is 39.1. The zero-order chi connectivity index (χ0) is 46.7. The first-order valence-corrected chi connectivity index (χ1v) is 22.6. The maximum Gasteiger partial charge on any atom is 4.00 e. The van der Waals surface area contributed by atoms with Gasteiger partial charge in [0, 0.05) is 23.3 Å². The number of nitrogens with zero attached hydrogens (tertiary/aromatic N) is 2. The first-order valence-electron chi connectivity index (χ1n) is 22.6. The largest absolute Gasteiger partial charge is 4.00 e. The first kappa shape index (κ1) is 48.2. The van der Waals surface area contributed by atoms with Crippen LogP contribution >= 0.6 is 0 Å². The average Bonchev–Trinajstić information content (AvgIpc) is 4.24. The van der Waals surface area contributed by atoms with Gasteiger partial charge in [-0.25, -0.2) is 41.9 Å². The molecule has 8 aromatic carbocycles. The van der Waals surface area contributed by atoms with E-state index in [-0.39, 0.29) is 45.9 Å². The first-order chi connectivity index (χ1) is 33.5. The molecule has 0 spiro atoms. The van der Waals surface area contributed by atoms with Crippen LogP contribution in [0.3, 0.4) is 0 Å². The van der Waals surface area contributed by atoms with Crippen molar-refractivity contribution in [2.45, 2.75) is 37.0 Å². The topological polar surface area (TPSA) is 6.48 Å². The van der Waals surface area contributed by atoms with Gasteiger partial charge in [0.15, 0.2) is 0 Å². The molecule has 4 unspecified atom stereocenters. The van der Waals surface area contributed by atoms with E-state index in [4.69, 9.17) is 0 Å². The molecule has 0 N–H and O–H groups in total. The number of rotatable bonds is 6. The number of allylic oxidation sites excluding steroid dienone is 8. The average molecular weight is 943 g/mol. The fourth-order valence-electron chi connectivity index (χ4n) is 9.32. The van der Waals surface area contributed by atoms with Crippen LogP contribution in [0.15, 0.2) is 231 Å². The smallest absolute Gasteiger partial charge is 0.401 e. The molecule has 0 amide bonds. The van der Waals surface area contributed by atoms with Gasteiger partial charge in [0.05, 0.1) is 24.2 Å². The molecule has 2 aliphatic heterocycles. The molecular formula is C62H46F4N2Ti. The van der Waals surface area contributed by atoms with Gasteiger partial charge in [-0.05, 0) is 55.9 Å². The predicted octanol–water partition coefficient (Wildman–Crippen LogP) is 15.5. The van der Waals surface area contributed by atoms with Gasteiger partial charge in [-0.1, -0.05) is 170 Å². The van der Waals surface area contributed by atoms with Crippen LogP contribution < -0.4 is 9.80 Å². The second kappa shape index (κ2) is 23.2. The summed E-state index contributed by atoms with van der Waals surface area (Å²) >= 11 is 0. The van der Waals surface area contributed by atoms with Crippen LogP contribution in [-0.4, -0.2) is 0 Å². The van der Waals surface area contributed by atoms with E-state index < -0.39 is 23.3 Å². The summed E-state index contributed by atoms with van der Waals surface area (Å²) in [7, 11) is 0. The third-order valence-electron chi connectivity index (χ3n) is 12.2. The van der Waals surface area contributed by atoms with Crippen molar-refractivity contribution in [1.82, 2.24) is 0 Å². The number of hydrogen-bond donors (Lipinski definition) is 0. The van der Waals surface area contributed by atoms with E-state index >= 15 is 0 Å². The molecule has 4 aliphatic rings. The summed E-state index contributed by atoms with van der Waals surface area (Å²) < 4.78 is 57.2. The van der Waals surface area contributed by atoms with Gasteiger partial charge in [0.25, 0.3) is 0 Å². The van der Waals surface area contributed by atoms with Crippen LogP contribution in [0.25, 0.3) is 0 Å². The molecule has 0 aromatic heterocycles. The quantitative estimate of drug-likeness (QED) is 0.0931. The number of anilines is 2. The molecule has 2 heterocycles. The maximum atomic E-state index is 15.0.